The van der Waals surface area contributed by atoms with Gasteiger partial charge in [-0.2, -0.15) is 0 Å². The average molecular weight is 161 g/mol. The number of unbranched alkanes of at least 4 members (excludes halogenated alkanes) is 1. The van der Waals surface area contributed by atoms with Crippen molar-refractivity contribution >= 4 is 11.6 Å². The molecule has 0 aliphatic carbocycles. The van der Waals surface area contributed by atoms with Crippen LogP contribution in [0.15, 0.2) is 17.9 Å². The van der Waals surface area contributed by atoms with Crippen LogP contribution in [0.3, 0.4) is 0 Å². The van der Waals surface area contributed by atoms with Gasteiger partial charge in [-0.15, -0.1) is 17.3 Å². The van der Waals surface area contributed by atoms with E-state index >= 15 is 0 Å². The van der Waals surface area contributed by atoms with Gasteiger partial charge in [0, 0.05) is 12.5 Å². The minimum absolute atomic E-state index is 0.205. The molecule has 1 N–H and O–H groups in total. The summed E-state index contributed by atoms with van der Waals surface area (Å²) in [6.45, 7) is 0.205. The van der Waals surface area contributed by atoms with E-state index in [0.717, 1.165) is 12.8 Å². The molecule has 0 aromatic rings. The van der Waals surface area contributed by atoms with Gasteiger partial charge in [-0.1, -0.05) is 0 Å². The van der Waals surface area contributed by atoms with Crippen LogP contribution < -0.4 is 0 Å². The summed E-state index contributed by atoms with van der Waals surface area (Å²) >= 11 is 5.44. The van der Waals surface area contributed by atoms with Crippen LogP contribution in [-0.4, -0.2) is 17.6 Å². The molecule has 0 heterocycles. The molecule has 1 nitrogen and oxygen atoms in total. The molecule has 0 fully saturated rings. The van der Waals surface area contributed by atoms with Crippen LogP contribution in [0.4, 0.5) is 0 Å². The Bertz CT molecular complexity index is 114. The van der Waals surface area contributed by atoms with Crippen molar-refractivity contribution in [3.63, 3.8) is 0 Å². The molecule has 0 radical (unpaired) electrons. The van der Waals surface area contributed by atoms with E-state index in [1.807, 2.05) is 12.2 Å². The Morgan fingerprint density at radius 3 is 2.60 bits per heavy atom. The van der Waals surface area contributed by atoms with E-state index in [2.05, 4.69) is 5.73 Å². The summed E-state index contributed by atoms with van der Waals surface area (Å²) in [4.78, 5) is 0. The van der Waals surface area contributed by atoms with Crippen molar-refractivity contribution < 1.29 is 5.11 Å². The van der Waals surface area contributed by atoms with Gasteiger partial charge < -0.3 is 5.11 Å². The van der Waals surface area contributed by atoms with E-state index in [-0.39, 0.29) is 6.61 Å². The maximum Gasteiger partial charge on any atom is 0.0471 e. The third kappa shape index (κ3) is 7.77. The SMILES string of the molecule is OCCC=C=CCCCCl. The van der Waals surface area contributed by atoms with E-state index < -0.39 is 0 Å². The topological polar surface area (TPSA) is 20.2 Å². The van der Waals surface area contributed by atoms with Crippen molar-refractivity contribution in [2.24, 2.45) is 0 Å². The van der Waals surface area contributed by atoms with Crippen molar-refractivity contribution in [3.05, 3.63) is 17.9 Å². The van der Waals surface area contributed by atoms with Gasteiger partial charge in [-0.3, -0.25) is 0 Å². The molecule has 0 amide bonds. The van der Waals surface area contributed by atoms with Crippen molar-refractivity contribution in [2.45, 2.75) is 19.3 Å². The minimum Gasteiger partial charge on any atom is -0.396 e. The molecule has 0 aromatic heterocycles. The van der Waals surface area contributed by atoms with Crippen molar-refractivity contribution in [1.29, 1.82) is 0 Å². The zero-order valence-corrected chi connectivity index (χ0v) is 6.77. The van der Waals surface area contributed by atoms with E-state index in [0.29, 0.717) is 12.3 Å². The molecule has 0 aliphatic heterocycles. The van der Waals surface area contributed by atoms with Gasteiger partial charge in [0.1, 0.15) is 0 Å². The lowest BCUT2D eigenvalue weighted by Gasteiger charge is -1.82. The Kier molecular flexibility index (Phi) is 8.57. The fourth-order valence-corrected chi connectivity index (χ4v) is 0.648. The smallest absolute Gasteiger partial charge is 0.0471 e. The molecule has 0 aliphatic rings. The molecular formula is C8H13ClO. The molecule has 10 heavy (non-hydrogen) atoms. The summed E-state index contributed by atoms with van der Waals surface area (Å²) in [7, 11) is 0. The Balaban J connectivity index is 3.17. The van der Waals surface area contributed by atoms with Gasteiger partial charge >= 0.3 is 0 Å². The lowest BCUT2D eigenvalue weighted by molar-refractivity contribution is 0.302. The van der Waals surface area contributed by atoms with Crippen LogP contribution >= 0.6 is 11.6 Å². The molecule has 0 saturated carbocycles. The van der Waals surface area contributed by atoms with Crippen LogP contribution in [0.2, 0.25) is 0 Å². The zero-order valence-electron chi connectivity index (χ0n) is 6.02. The Hall–Kier alpha value is -0.230. The number of halogens is 1. The molecule has 0 rings (SSSR count). The summed E-state index contributed by atoms with van der Waals surface area (Å²) in [6, 6.07) is 0. The minimum atomic E-state index is 0.205. The highest BCUT2D eigenvalue weighted by Crippen LogP contribution is 1.91. The van der Waals surface area contributed by atoms with E-state index in [1.54, 1.807) is 0 Å². The maximum absolute atomic E-state index is 8.36. The zero-order chi connectivity index (χ0) is 7.66. The van der Waals surface area contributed by atoms with Gasteiger partial charge in [0.2, 0.25) is 0 Å². The Morgan fingerprint density at radius 2 is 2.00 bits per heavy atom. The van der Waals surface area contributed by atoms with Crippen LogP contribution in [0.25, 0.3) is 0 Å². The standard InChI is InChI=1S/C8H13ClO/c9-7-5-3-1-2-4-6-8-10/h1,4,10H,3,5-8H2. The number of hydrogen-bond donors (Lipinski definition) is 1. The van der Waals surface area contributed by atoms with Crippen LogP contribution in [0.1, 0.15) is 19.3 Å². The number of alkyl halides is 1. The lowest BCUT2D eigenvalue weighted by Crippen LogP contribution is -1.73. The molecule has 0 atom stereocenters. The predicted octanol–water partition coefficient (Wildman–Crippen LogP) is 2.10. The first-order valence-electron chi connectivity index (χ1n) is 3.48. The molecule has 0 spiro atoms. The van der Waals surface area contributed by atoms with Gasteiger partial charge in [0.25, 0.3) is 0 Å². The number of rotatable bonds is 5. The van der Waals surface area contributed by atoms with E-state index in [1.165, 1.54) is 0 Å². The molecule has 58 valence electrons. The average Bonchev–Trinajstić information content (AvgIpc) is 1.97. The first-order chi connectivity index (χ1) is 4.91. The summed E-state index contributed by atoms with van der Waals surface area (Å²) < 4.78 is 0. The number of aliphatic hydroxyl groups is 1. The first kappa shape index (κ1) is 9.77. The first-order valence-corrected chi connectivity index (χ1v) is 4.01. The second-order valence-electron chi connectivity index (χ2n) is 1.92. The number of hydrogen-bond acceptors (Lipinski definition) is 1. The molecular weight excluding hydrogens is 148 g/mol. The van der Waals surface area contributed by atoms with Crippen LogP contribution in [-0.2, 0) is 0 Å². The van der Waals surface area contributed by atoms with Crippen molar-refractivity contribution in [3.8, 4) is 0 Å². The molecule has 0 aromatic carbocycles. The summed E-state index contributed by atoms with van der Waals surface area (Å²) in [5.74, 6) is 0.707. The largest absolute Gasteiger partial charge is 0.396 e. The fraction of sp³-hybridized carbons (Fsp3) is 0.625. The van der Waals surface area contributed by atoms with E-state index in [4.69, 9.17) is 16.7 Å². The summed E-state index contributed by atoms with van der Waals surface area (Å²) in [5, 5.41) is 8.36. The second-order valence-corrected chi connectivity index (χ2v) is 2.30. The van der Waals surface area contributed by atoms with Gasteiger partial charge in [0.15, 0.2) is 0 Å². The van der Waals surface area contributed by atoms with Crippen molar-refractivity contribution in [2.75, 3.05) is 12.5 Å². The second kappa shape index (κ2) is 8.77. The highest BCUT2D eigenvalue weighted by molar-refractivity contribution is 6.17. The normalized spacial score (nSPS) is 8.60. The third-order valence-electron chi connectivity index (χ3n) is 0.991. The molecule has 2 heteroatoms. The maximum atomic E-state index is 8.36. The van der Waals surface area contributed by atoms with Gasteiger partial charge in [0.05, 0.1) is 0 Å². The van der Waals surface area contributed by atoms with Crippen LogP contribution in [0.5, 0.6) is 0 Å². The third-order valence-corrected chi connectivity index (χ3v) is 1.26. The quantitative estimate of drug-likeness (QED) is 0.371. The van der Waals surface area contributed by atoms with E-state index in [9.17, 15) is 0 Å². The van der Waals surface area contributed by atoms with Gasteiger partial charge in [-0.25, -0.2) is 0 Å². The van der Waals surface area contributed by atoms with Gasteiger partial charge in [-0.05, 0) is 31.4 Å². The summed E-state index contributed by atoms with van der Waals surface area (Å²) in [6.07, 6.45) is 6.44. The Morgan fingerprint density at radius 1 is 1.30 bits per heavy atom. The molecule has 0 bridgehead atoms. The monoisotopic (exact) mass is 160 g/mol. The summed E-state index contributed by atoms with van der Waals surface area (Å²) in [5.41, 5.74) is 2.95. The highest BCUT2D eigenvalue weighted by atomic mass is 35.5. The van der Waals surface area contributed by atoms with Crippen LogP contribution in [0, 0.1) is 0 Å². The Labute approximate surface area is 67.0 Å². The van der Waals surface area contributed by atoms with Crippen molar-refractivity contribution in [1.82, 2.24) is 0 Å². The number of aliphatic hydroxyl groups excluding tert-OH is 1. The fourth-order valence-electron chi connectivity index (χ4n) is 0.494. The molecule has 0 unspecified atom stereocenters. The molecule has 0 saturated heterocycles. The predicted molar refractivity (Wildman–Crippen MR) is 44.3 cm³/mol. The highest BCUT2D eigenvalue weighted by Gasteiger charge is 1.76. The lowest BCUT2D eigenvalue weighted by atomic mass is 10.3.